The van der Waals surface area contributed by atoms with Gasteiger partial charge in [0, 0.05) is 11.3 Å². The van der Waals surface area contributed by atoms with Gasteiger partial charge in [-0.25, -0.2) is 0 Å². The molecule has 140 valence electrons. The number of fused-ring (bicyclic) bond motifs is 5. The minimum atomic E-state index is -0.310. The summed E-state index contributed by atoms with van der Waals surface area (Å²) in [5.74, 6) is -0.578. The van der Waals surface area contributed by atoms with Gasteiger partial charge < -0.3 is 10.4 Å². The minimum Gasteiger partial charge on any atom is -0.508 e. The second-order valence-electron chi connectivity index (χ2n) is 7.56. The molecule has 1 aliphatic heterocycles. The van der Waals surface area contributed by atoms with Gasteiger partial charge in [-0.1, -0.05) is 12.2 Å². The summed E-state index contributed by atoms with van der Waals surface area (Å²) < 4.78 is 0. The predicted octanol–water partition coefficient (Wildman–Crippen LogP) is 2.96. The molecular weight excluding hydrogens is 356 g/mol. The van der Waals surface area contributed by atoms with E-state index in [1.54, 1.807) is 36.4 Å². The van der Waals surface area contributed by atoms with Crippen molar-refractivity contribution in [2.45, 2.75) is 6.42 Å². The van der Waals surface area contributed by atoms with Crippen LogP contribution in [0, 0.1) is 23.7 Å². The molecule has 6 nitrogen and oxygen atoms in total. The Morgan fingerprint density at radius 3 is 2.04 bits per heavy atom. The number of imide groups is 1. The molecule has 2 N–H and O–H groups in total. The van der Waals surface area contributed by atoms with Crippen LogP contribution in [-0.4, -0.2) is 22.8 Å². The highest BCUT2D eigenvalue weighted by Crippen LogP contribution is 2.53. The van der Waals surface area contributed by atoms with Crippen molar-refractivity contribution in [3.63, 3.8) is 0 Å². The van der Waals surface area contributed by atoms with E-state index in [1.165, 1.54) is 17.0 Å². The molecule has 0 radical (unpaired) electrons. The zero-order valence-corrected chi connectivity index (χ0v) is 14.9. The van der Waals surface area contributed by atoms with Crippen molar-refractivity contribution < 1.29 is 19.5 Å². The molecule has 0 unspecified atom stereocenters. The molecule has 4 atom stereocenters. The molecule has 2 fully saturated rings. The monoisotopic (exact) mass is 374 g/mol. The zero-order chi connectivity index (χ0) is 19.4. The molecule has 0 spiro atoms. The Hall–Kier alpha value is -3.41. The molecule has 2 bridgehead atoms. The first-order valence-electron chi connectivity index (χ1n) is 9.29. The van der Waals surface area contributed by atoms with Gasteiger partial charge in [0.2, 0.25) is 11.8 Å². The quantitative estimate of drug-likeness (QED) is 0.491. The number of amides is 3. The van der Waals surface area contributed by atoms with E-state index in [4.69, 9.17) is 0 Å². The largest absolute Gasteiger partial charge is 0.508 e. The number of hydrogen-bond acceptors (Lipinski definition) is 4. The van der Waals surface area contributed by atoms with Crippen molar-refractivity contribution in [3.8, 4) is 5.75 Å². The maximum Gasteiger partial charge on any atom is 0.255 e. The van der Waals surface area contributed by atoms with Crippen LogP contribution in [0.15, 0.2) is 60.7 Å². The molecule has 3 amide bonds. The lowest BCUT2D eigenvalue weighted by Crippen LogP contribution is -2.32. The average Bonchev–Trinajstić information content (AvgIpc) is 3.38. The Balaban J connectivity index is 1.34. The van der Waals surface area contributed by atoms with Gasteiger partial charge >= 0.3 is 0 Å². The molecule has 3 aliphatic rings. The third-order valence-electron chi connectivity index (χ3n) is 5.98. The number of allylic oxidation sites excluding steroid dienone is 2. The van der Waals surface area contributed by atoms with Crippen molar-refractivity contribution in [2.75, 3.05) is 10.2 Å². The Morgan fingerprint density at radius 2 is 1.46 bits per heavy atom. The van der Waals surface area contributed by atoms with Gasteiger partial charge in [-0.15, -0.1) is 0 Å². The van der Waals surface area contributed by atoms with Crippen molar-refractivity contribution in [1.82, 2.24) is 0 Å². The highest BCUT2D eigenvalue weighted by atomic mass is 16.3. The van der Waals surface area contributed by atoms with E-state index < -0.39 is 0 Å². The summed E-state index contributed by atoms with van der Waals surface area (Å²) in [4.78, 5) is 39.4. The minimum absolute atomic E-state index is 0.121. The average molecular weight is 374 g/mol. The molecule has 1 saturated carbocycles. The van der Waals surface area contributed by atoms with Gasteiger partial charge in [-0.05, 0) is 66.8 Å². The number of phenols is 1. The smallest absolute Gasteiger partial charge is 0.255 e. The first kappa shape index (κ1) is 16.7. The van der Waals surface area contributed by atoms with Crippen molar-refractivity contribution >= 4 is 29.1 Å². The topological polar surface area (TPSA) is 86.7 Å². The second kappa shape index (κ2) is 6.05. The van der Waals surface area contributed by atoms with Gasteiger partial charge in [0.05, 0.1) is 17.5 Å². The first-order valence-corrected chi connectivity index (χ1v) is 9.29. The SMILES string of the molecule is O=C(Nc1ccc(O)cc1)c1ccc(N2C(=O)[C@@H]3[C@@H](C2=O)[C@@H]2C=C[C@@H]3C2)cc1. The van der Waals surface area contributed by atoms with Crippen LogP contribution in [0.2, 0.25) is 0 Å². The van der Waals surface area contributed by atoms with Gasteiger partial charge in [-0.3, -0.25) is 19.3 Å². The molecule has 0 aromatic heterocycles. The second-order valence-corrected chi connectivity index (χ2v) is 7.56. The summed E-state index contributed by atoms with van der Waals surface area (Å²) in [6, 6.07) is 12.7. The molecule has 1 heterocycles. The number of hydrogen-bond donors (Lipinski definition) is 2. The maximum absolute atomic E-state index is 12.8. The van der Waals surface area contributed by atoms with Crippen LogP contribution < -0.4 is 10.2 Å². The molecular formula is C22H18N2O4. The lowest BCUT2D eigenvalue weighted by molar-refractivity contribution is -0.123. The third kappa shape index (κ3) is 2.45. The predicted molar refractivity (Wildman–Crippen MR) is 103 cm³/mol. The van der Waals surface area contributed by atoms with Crippen LogP contribution in [0.25, 0.3) is 0 Å². The van der Waals surface area contributed by atoms with Crippen molar-refractivity contribution in [1.29, 1.82) is 0 Å². The van der Waals surface area contributed by atoms with Crippen LogP contribution in [0.3, 0.4) is 0 Å². The summed E-state index contributed by atoms with van der Waals surface area (Å²) >= 11 is 0. The number of carbonyl (C=O) groups is 3. The van der Waals surface area contributed by atoms with E-state index >= 15 is 0 Å². The van der Waals surface area contributed by atoms with Crippen LogP contribution in [0.5, 0.6) is 5.75 Å². The van der Waals surface area contributed by atoms with E-state index in [1.807, 2.05) is 0 Å². The van der Waals surface area contributed by atoms with E-state index in [2.05, 4.69) is 17.5 Å². The number of anilines is 2. The van der Waals surface area contributed by atoms with Crippen molar-refractivity contribution in [3.05, 3.63) is 66.2 Å². The summed E-state index contributed by atoms with van der Waals surface area (Å²) in [5.41, 5.74) is 1.48. The fourth-order valence-corrected chi connectivity index (χ4v) is 4.67. The lowest BCUT2D eigenvalue weighted by Gasteiger charge is -2.17. The Bertz CT molecular complexity index is 980. The van der Waals surface area contributed by atoms with Gasteiger partial charge in [0.15, 0.2) is 0 Å². The molecule has 5 rings (SSSR count). The normalized spacial score (nSPS) is 27.4. The molecule has 2 aromatic carbocycles. The number of carbonyl (C=O) groups excluding carboxylic acids is 3. The number of benzene rings is 2. The highest BCUT2D eigenvalue weighted by Gasteiger charge is 2.59. The lowest BCUT2D eigenvalue weighted by atomic mass is 9.85. The van der Waals surface area contributed by atoms with Gasteiger partial charge in [-0.2, -0.15) is 0 Å². The summed E-state index contributed by atoms with van der Waals surface area (Å²) in [6.45, 7) is 0. The first-order chi connectivity index (χ1) is 13.5. The van der Waals surface area contributed by atoms with Crippen LogP contribution in [-0.2, 0) is 9.59 Å². The molecule has 2 aromatic rings. The van der Waals surface area contributed by atoms with Gasteiger partial charge in [0.25, 0.3) is 5.91 Å². The molecule has 6 heteroatoms. The highest BCUT2D eigenvalue weighted by molar-refractivity contribution is 6.23. The number of aromatic hydroxyl groups is 1. The molecule has 1 saturated heterocycles. The summed E-state index contributed by atoms with van der Waals surface area (Å²) in [6.07, 6.45) is 5.03. The van der Waals surface area contributed by atoms with E-state index in [9.17, 15) is 19.5 Å². The van der Waals surface area contributed by atoms with Crippen LogP contribution >= 0.6 is 0 Å². The van der Waals surface area contributed by atoms with E-state index in [-0.39, 0.29) is 47.1 Å². The Morgan fingerprint density at radius 1 is 0.893 bits per heavy atom. The van der Waals surface area contributed by atoms with Crippen LogP contribution in [0.1, 0.15) is 16.8 Å². The van der Waals surface area contributed by atoms with Crippen LogP contribution in [0.4, 0.5) is 11.4 Å². The maximum atomic E-state index is 12.8. The Labute approximate surface area is 161 Å². The van der Waals surface area contributed by atoms with Gasteiger partial charge in [0.1, 0.15) is 5.75 Å². The van der Waals surface area contributed by atoms with Crippen molar-refractivity contribution in [2.24, 2.45) is 23.7 Å². The number of nitrogens with zero attached hydrogens (tertiary/aromatic N) is 1. The third-order valence-corrected chi connectivity index (χ3v) is 5.98. The summed E-state index contributed by atoms with van der Waals surface area (Å²) in [7, 11) is 0. The number of phenolic OH excluding ortho intramolecular Hbond substituents is 1. The summed E-state index contributed by atoms with van der Waals surface area (Å²) in [5, 5.41) is 12.0. The fourth-order valence-electron chi connectivity index (χ4n) is 4.67. The Kier molecular flexibility index (Phi) is 3.62. The number of rotatable bonds is 3. The number of nitrogens with one attached hydrogen (secondary N) is 1. The molecule has 28 heavy (non-hydrogen) atoms. The molecule has 2 aliphatic carbocycles. The van der Waals surface area contributed by atoms with E-state index in [0.717, 1.165) is 6.42 Å². The van der Waals surface area contributed by atoms with E-state index in [0.29, 0.717) is 16.9 Å². The zero-order valence-electron chi connectivity index (χ0n) is 14.9. The fraction of sp³-hybridized carbons (Fsp3) is 0.227. The standard InChI is InChI=1S/C22H18N2O4/c25-17-9-5-15(6-10-17)23-20(26)12-3-7-16(8-4-12)24-21(27)18-13-1-2-14(11-13)19(18)22(24)28/h1-10,13-14,18-19,25H,11H2,(H,23,26)/t13-,14-,18+,19+/m1/s1.